The Labute approximate surface area is 184 Å². The van der Waals surface area contributed by atoms with Crippen LogP contribution < -0.4 is 9.62 Å². The van der Waals surface area contributed by atoms with Gasteiger partial charge in [-0.05, 0) is 43.9 Å². The number of nitrogens with one attached hydrogen (secondary N) is 1. The molecule has 2 aromatic rings. The minimum atomic E-state index is -3.93. The van der Waals surface area contributed by atoms with Crippen molar-refractivity contribution in [1.82, 2.24) is 9.71 Å². The molecule has 2 rings (SSSR count). The van der Waals surface area contributed by atoms with E-state index in [-0.39, 0.29) is 29.7 Å². The number of aromatic nitrogens is 1. The van der Waals surface area contributed by atoms with Gasteiger partial charge in [-0.25, -0.2) is 13.1 Å². The second kappa shape index (κ2) is 10.9. The van der Waals surface area contributed by atoms with Gasteiger partial charge in [-0.3, -0.25) is 14.6 Å². The Morgan fingerprint density at radius 1 is 1.06 bits per heavy atom. The van der Waals surface area contributed by atoms with Gasteiger partial charge in [0, 0.05) is 12.2 Å². The van der Waals surface area contributed by atoms with E-state index in [4.69, 9.17) is 0 Å². The molecule has 8 heteroatoms. The van der Waals surface area contributed by atoms with E-state index in [0.717, 1.165) is 5.56 Å². The Kier molecular flexibility index (Phi) is 8.50. The summed E-state index contributed by atoms with van der Waals surface area (Å²) >= 11 is 0. The van der Waals surface area contributed by atoms with Gasteiger partial charge in [0.1, 0.15) is 5.57 Å². The summed E-state index contributed by atoms with van der Waals surface area (Å²) < 4.78 is 27.1. The SMILES string of the molecule is CC(C)C=C(C(=O)NS(=O)(=O)CCc1ccccc1)C(=O)N(c1cccnc1)C(C)C. The molecule has 0 fully saturated rings. The van der Waals surface area contributed by atoms with Crippen molar-refractivity contribution in [1.29, 1.82) is 0 Å². The summed E-state index contributed by atoms with van der Waals surface area (Å²) in [4.78, 5) is 31.7. The third-order valence-corrected chi connectivity index (χ3v) is 5.62. The molecule has 0 aliphatic heterocycles. The lowest BCUT2D eigenvalue weighted by Crippen LogP contribution is -2.43. The molecule has 166 valence electrons. The van der Waals surface area contributed by atoms with Crippen LogP contribution in [0.3, 0.4) is 0 Å². The number of carbonyl (C=O) groups is 2. The molecule has 0 bridgehead atoms. The second-order valence-corrected chi connectivity index (χ2v) is 9.63. The van der Waals surface area contributed by atoms with E-state index >= 15 is 0 Å². The first kappa shape index (κ1) is 24.3. The summed E-state index contributed by atoms with van der Waals surface area (Å²) in [6.07, 6.45) is 4.85. The van der Waals surface area contributed by atoms with E-state index in [9.17, 15) is 18.0 Å². The van der Waals surface area contributed by atoms with Crippen LogP contribution in [0.15, 0.2) is 66.5 Å². The van der Waals surface area contributed by atoms with E-state index in [2.05, 4.69) is 9.71 Å². The third-order valence-electron chi connectivity index (χ3n) is 4.38. The van der Waals surface area contributed by atoms with Crippen LogP contribution in [0.25, 0.3) is 0 Å². The zero-order valence-corrected chi connectivity index (χ0v) is 19.1. The number of sulfonamides is 1. The smallest absolute Gasteiger partial charge is 0.270 e. The number of carbonyl (C=O) groups excluding carboxylic acids is 2. The highest BCUT2D eigenvalue weighted by atomic mass is 32.2. The van der Waals surface area contributed by atoms with Gasteiger partial charge in [0.25, 0.3) is 11.8 Å². The minimum Gasteiger partial charge on any atom is -0.304 e. The monoisotopic (exact) mass is 443 g/mol. The van der Waals surface area contributed by atoms with Crippen molar-refractivity contribution in [3.63, 3.8) is 0 Å². The number of pyridine rings is 1. The molecule has 0 spiro atoms. The molecule has 1 aromatic carbocycles. The van der Waals surface area contributed by atoms with Crippen molar-refractivity contribution in [2.24, 2.45) is 5.92 Å². The van der Waals surface area contributed by atoms with Crippen molar-refractivity contribution in [3.05, 3.63) is 72.1 Å². The molecule has 0 saturated heterocycles. The number of rotatable bonds is 9. The van der Waals surface area contributed by atoms with Crippen molar-refractivity contribution >= 4 is 27.5 Å². The fraction of sp³-hybridized carbons (Fsp3) is 0.348. The zero-order valence-electron chi connectivity index (χ0n) is 18.3. The summed E-state index contributed by atoms with van der Waals surface area (Å²) in [6, 6.07) is 12.3. The first-order valence-electron chi connectivity index (χ1n) is 10.1. The van der Waals surface area contributed by atoms with Crippen LogP contribution in [0.1, 0.15) is 33.3 Å². The van der Waals surface area contributed by atoms with Crippen molar-refractivity contribution < 1.29 is 18.0 Å². The van der Waals surface area contributed by atoms with Crippen LogP contribution in [0.4, 0.5) is 5.69 Å². The summed E-state index contributed by atoms with van der Waals surface area (Å²) in [5.74, 6) is -1.91. The predicted molar refractivity (Wildman–Crippen MR) is 122 cm³/mol. The molecule has 0 radical (unpaired) electrons. The summed E-state index contributed by atoms with van der Waals surface area (Å²) in [5.41, 5.74) is 1.16. The molecule has 0 saturated carbocycles. The number of anilines is 1. The van der Waals surface area contributed by atoms with E-state index in [0.29, 0.717) is 5.69 Å². The topological polar surface area (TPSA) is 96.4 Å². The maximum Gasteiger partial charge on any atom is 0.270 e. The lowest BCUT2D eigenvalue weighted by atomic mass is 10.1. The number of aryl methyl sites for hydroxylation is 1. The van der Waals surface area contributed by atoms with Crippen LogP contribution >= 0.6 is 0 Å². The summed E-state index contributed by atoms with van der Waals surface area (Å²) in [6.45, 7) is 7.25. The molecule has 2 amide bonds. The van der Waals surface area contributed by atoms with Crippen LogP contribution in [0, 0.1) is 5.92 Å². The standard InChI is InChI=1S/C23H29N3O4S/c1-17(2)15-21(23(28)26(18(3)4)20-11-8-13-24-16-20)22(27)25-31(29,30)14-12-19-9-6-5-7-10-19/h5-11,13,15-18H,12,14H2,1-4H3,(H,25,27). The molecule has 7 nitrogen and oxygen atoms in total. The number of benzene rings is 1. The Balaban J connectivity index is 2.24. The molecule has 1 N–H and O–H groups in total. The first-order chi connectivity index (χ1) is 14.6. The average Bonchev–Trinajstić information content (AvgIpc) is 2.71. The number of amides is 2. The van der Waals surface area contributed by atoms with Gasteiger partial charge >= 0.3 is 0 Å². The zero-order chi connectivity index (χ0) is 23.0. The Morgan fingerprint density at radius 2 is 1.74 bits per heavy atom. The molecular formula is C23H29N3O4S. The van der Waals surface area contributed by atoms with Gasteiger partial charge in [0.05, 0.1) is 17.6 Å². The van der Waals surface area contributed by atoms with E-state index < -0.39 is 21.8 Å². The first-order valence-corrected chi connectivity index (χ1v) is 11.8. The second-order valence-electron chi connectivity index (χ2n) is 7.79. The van der Waals surface area contributed by atoms with Crippen LogP contribution in [0.5, 0.6) is 0 Å². The molecule has 0 aliphatic carbocycles. The van der Waals surface area contributed by atoms with E-state index in [1.54, 1.807) is 18.3 Å². The normalized spacial score (nSPS) is 12.1. The molecule has 1 aromatic heterocycles. The Hall–Kier alpha value is -3.00. The largest absolute Gasteiger partial charge is 0.304 e. The van der Waals surface area contributed by atoms with Gasteiger partial charge < -0.3 is 4.90 Å². The Morgan fingerprint density at radius 3 is 2.29 bits per heavy atom. The molecule has 0 unspecified atom stereocenters. The fourth-order valence-corrected chi connectivity index (χ4v) is 4.00. The summed E-state index contributed by atoms with van der Waals surface area (Å²) in [5, 5.41) is 0. The maximum atomic E-state index is 13.3. The number of nitrogens with zero attached hydrogens (tertiary/aromatic N) is 2. The molecule has 31 heavy (non-hydrogen) atoms. The summed E-state index contributed by atoms with van der Waals surface area (Å²) in [7, 11) is -3.93. The lowest BCUT2D eigenvalue weighted by Gasteiger charge is -2.27. The minimum absolute atomic E-state index is 0.139. The third kappa shape index (κ3) is 7.32. The Bertz CT molecular complexity index is 1020. The highest BCUT2D eigenvalue weighted by Crippen LogP contribution is 2.19. The van der Waals surface area contributed by atoms with E-state index in [1.165, 1.54) is 17.2 Å². The highest BCUT2D eigenvalue weighted by Gasteiger charge is 2.29. The van der Waals surface area contributed by atoms with Crippen molar-refractivity contribution in [2.45, 2.75) is 40.2 Å². The van der Waals surface area contributed by atoms with Crippen molar-refractivity contribution in [3.8, 4) is 0 Å². The maximum absolute atomic E-state index is 13.3. The predicted octanol–water partition coefficient (Wildman–Crippen LogP) is 3.09. The van der Waals surface area contributed by atoms with Gasteiger partial charge in [-0.1, -0.05) is 50.3 Å². The van der Waals surface area contributed by atoms with Crippen LogP contribution in [-0.4, -0.2) is 37.0 Å². The van der Waals surface area contributed by atoms with Crippen LogP contribution in [0.2, 0.25) is 0 Å². The molecule has 1 heterocycles. The van der Waals surface area contributed by atoms with Gasteiger partial charge in [0.2, 0.25) is 10.0 Å². The lowest BCUT2D eigenvalue weighted by molar-refractivity contribution is -0.121. The van der Waals surface area contributed by atoms with Gasteiger partial charge in [-0.2, -0.15) is 0 Å². The van der Waals surface area contributed by atoms with Crippen molar-refractivity contribution in [2.75, 3.05) is 10.7 Å². The van der Waals surface area contributed by atoms with Crippen LogP contribution in [-0.2, 0) is 26.0 Å². The molecular weight excluding hydrogens is 414 g/mol. The average molecular weight is 444 g/mol. The quantitative estimate of drug-likeness (QED) is 0.365. The van der Waals surface area contributed by atoms with Gasteiger partial charge in [-0.15, -0.1) is 0 Å². The fourth-order valence-electron chi connectivity index (χ4n) is 3.00. The number of allylic oxidation sites excluding steroid dienone is 1. The van der Waals surface area contributed by atoms with E-state index in [1.807, 2.05) is 58.0 Å². The number of hydrogen-bond acceptors (Lipinski definition) is 5. The molecule has 0 aliphatic rings. The van der Waals surface area contributed by atoms with Gasteiger partial charge in [0.15, 0.2) is 0 Å². The number of hydrogen-bond donors (Lipinski definition) is 1. The highest BCUT2D eigenvalue weighted by molar-refractivity contribution is 7.90. The molecule has 0 atom stereocenters.